The number of hydrogen-bond acceptors (Lipinski definition) is 4. The second-order valence-corrected chi connectivity index (χ2v) is 5.35. The van der Waals surface area contributed by atoms with Crippen molar-refractivity contribution in [3.05, 3.63) is 0 Å². The van der Waals surface area contributed by atoms with Crippen LogP contribution in [0.15, 0.2) is 0 Å². The molecule has 0 aromatic rings. The van der Waals surface area contributed by atoms with E-state index in [9.17, 15) is 18.4 Å². The van der Waals surface area contributed by atoms with E-state index >= 15 is 0 Å². The zero-order valence-electron chi connectivity index (χ0n) is 11.3. The Balaban J connectivity index is 2.58. The first-order valence-electron chi connectivity index (χ1n) is 6.15. The maximum Gasteiger partial charge on any atom is 0.411 e. The number of carbonyl (C=O) groups excluding carboxylic acids is 2. The molecule has 1 heterocycles. The smallest absolute Gasteiger partial charge is 0.411 e. The standard InChI is InChI=1S/C12H19F2NO4/c1-12(2,3)19-11(17)15-6-4-5-8(15)10(16)18-7-9(13)14/h8-9H,4-7H2,1-3H3/t8-/m0/s1. The van der Waals surface area contributed by atoms with Crippen molar-refractivity contribution in [3.8, 4) is 0 Å². The van der Waals surface area contributed by atoms with E-state index in [2.05, 4.69) is 4.74 Å². The minimum Gasteiger partial charge on any atom is -0.458 e. The Kier molecular flexibility index (Phi) is 5.08. The fourth-order valence-electron chi connectivity index (χ4n) is 1.79. The number of likely N-dealkylation sites (tertiary alicyclic amines) is 1. The average molecular weight is 279 g/mol. The van der Waals surface area contributed by atoms with Crippen LogP contribution in [0.25, 0.3) is 0 Å². The number of hydrogen-bond donors (Lipinski definition) is 0. The molecule has 7 heteroatoms. The van der Waals surface area contributed by atoms with Gasteiger partial charge < -0.3 is 9.47 Å². The summed E-state index contributed by atoms with van der Waals surface area (Å²) in [5, 5.41) is 0. The fraction of sp³-hybridized carbons (Fsp3) is 0.833. The summed E-state index contributed by atoms with van der Waals surface area (Å²) >= 11 is 0. The second kappa shape index (κ2) is 6.16. The van der Waals surface area contributed by atoms with Crippen LogP contribution in [-0.4, -0.2) is 48.2 Å². The summed E-state index contributed by atoms with van der Waals surface area (Å²) in [4.78, 5) is 24.7. The van der Waals surface area contributed by atoms with Gasteiger partial charge in [-0.25, -0.2) is 18.4 Å². The van der Waals surface area contributed by atoms with E-state index in [0.29, 0.717) is 19.4 Å². The minimum atomic E-state index is -2.71. The lowest BCUT2D eigenvalue weighted by molar-refractivity contribution is -0.152. The van der Waals surface area contributed by atoms with E-state index in [0.717, 1.165) is 0 Å². The van der Waals surface area contributed by atoms with E-state index in [4.69, 9.17) is 4.74 Å². The second-order valence-electron chi connectivity index (χ2n) is 5.35. The molecule has 0 N–H and O–H groups in total. The Morgan fingerprint density at radius 1 is 1.37 bits per heavy atom. The molecule has 1 amide bonds. The van der Waals surface area contributed by atoms with Gasteiger partial charge in [-0.1, -0.05) is 0 Å². The number of halogens is 2. The summed E-state index contributed by atoms with van der Waals surface area (Å²) in [5.74, 6) is -0.802. The van der Waals surface area contributed by atoms with Crippen molar-refractivity contribution in [1.29, 1.82) is 0 Å². The molecule has 0 aromatic carbocycles. The predicted molar refractivity (Wildman–Crippen MR) is 62.9 cm³/mol. The first-order chi connectivity index (χ1) is 8.70. The molecule has 0 radical (unpaired) electrons. The van der Waals surface area contributed by atoms with Crippen molar-refractivity contribution in [3.63, 3.8) is 0 Å². The lowest BCUT2D eigenvalue weighted by Gasteiger charge is -2.27. The number of esters is 1. The molecule has 1 aliphatic rings. The number of amides is 1. The lowest BCUT2D eigenvalue weighted by atomic mass is 10.2. The molecule has 1 fully saturated rings. The molecule has 1 aliphatic heterocycles. The van der Waals surface area contributed by atoms with E-state index in [-0.39, 0.29) is 0 Å². The van der Waals surface area contributed by atoms with Crippen LogP contribution in [0.4, 0.5) is 13.6 Å². The first-order valence-corrected chi connectivity index (χ1v) is 6.15. The van der Waals surface area contributed by atoms with Gasteiger partial charge in [0.1, 0.15) is 11.6 Å². The summed E-state index contributed by atoms with van der Waals surface area (Å²) in [5.41, 5.74) is -0.670. The van der Waals surface area contributed by atoms with E-state index in [1.54, 1.807) is 20.8 Å². The molecule has 0 spiro atoms. The van der Waals surface area contributed by atoms with Gasteiger partial charge in [-0.15, -0.1) is 0 Å². The summed E-state index contributed by atoms with van der Waals surface area (Å²) in [6.45, 7) is 4.56. The van der Waals surface area contributed by atoms with Crippen LogP contribution in [0.5, 0.6) is 0 Å². The maximum atomic E-state index is 12.0. The Morgan fingerprint density at radius 3 is 2.53 bits per heavy atom. The summed E-state index contributed by atoms with van der Waals surface area (Å²) < 4.78 is 33.6. The van der Waals surface area contributed by atoms with Crippen LogP contribution in [0.3, 0.4) is 0 Å². The summed E-state index contributed by atoms with van der Waals surface area (Å²) in [6.07, 6.45) is -2.31. The molecule has 0 bridgehead atoms. The average Bonchev–Trinajstić information content (AvgIpc) is 2.72. The third-order valence-corrected chi connectivity index (χ3v) is 2.50. The molecule has 0 aromatic heterocycles. The zero-order chi connectivity index (χ0) is 14.6. The monoisotopic (exact) mass is 279 g/mol. The first kappa shape index (κ1) is 15.7. The highest BCUT2D eigenvalue weighted by Gasteiger charge is 2.37. The molecule has 0 saturated carbocycles. The van der Waals surface area contributed by atoms with Crippen molar-refractivity contribution in [2.24, 2.45) is 0 Å². The van der Waals surface area contributed by atoms with Crippen LogP contribution >= 0.6 is 0 Å². The van der Waals surface area contributed by atoms with Gasteiger partial charge in [0.15, 0.2) is 6.61 Å². The lowest BCUT2D eigenvalue weighted by Crippen LogP contribution is -2.44. The highest BCUT2D eigenvalue weighted by atomic mass is 19.3. The van der Waals surface area contributed by atoms with Crippen molar-refractivity contribution in [1.82, 2.24) is 4.90 Å². The van der Waals surface area contributed by atoms with Gasteiger partial charge in [0.2, 0.25) is 0 Å². The third-order valence-electron chi connectivity index (χ3n) is 2.50. The molecule has 19 heavy (non-hydrogen) atoms. The molecule has 5 nitrogen and oxygen atoms in total. The third kappa shape index (κ3) is 5.00. The largest absolute Gasteiger partial charge is 0.458 e. The number of carbonyl (C=O) groups is 2. The fourth-order valence-corrected chi connectivity index (χ4v) is 1.79. The molecule has 1 saturated heterocycles. The van der Waals surface area contributed by atoms with Gasteiger partial charge in [-0.2, -0.15) is 0 Å². The van der Waals surface area contributed by atoms with Crippen molar-refractivity contribution in [2.75, 3.05) is 13.2 Å². The van der Waals surface area contributed by atoms with E-state index in [1.807, 2.05) is 0 Å². The number of ether oxygens (including phenoxy) is 2. The normalized spacial score (nSPS) is 19.7. The van der Waals surface area contributed by atoms with E-state index in [1.165, 1.54) is 4.90 Å². The van der Waals surface area contributed by atoms with Crippen molar-refractivity contribution in [2.45, 2.75) is 51.7 Å². The van der Waals surface area contributed by atoms with Gasteiger partial charge in [0.05, 0.1) is 0 Å². The molecule has 1 rings (SSSR count). The van der Waals surface area contributed by atoms with Gasteiger partial charge in [-0.3, -0.25) is 4.90 Å². The van der Waals surface area contributed by atoms with Gasteiger partial charge in [0, 0.05) is 6.54 Å². The Bertz CT molecular complexity index is 341. The highest BCUT2D eigenvalue weighted by molar-refractivity contribution is 5.82. The Labute approximate surface area is 110 Å². The van der Waals surface area contributed by atoms with Crippen molar-refractivity contribution >= 4 is 12.1 Å². The topological polar surface area (TPSA) is 55.8 Å². The van der Waals surface area contributed by atoms with Crippen LogP contribution in [0.1, 0.15) is 33.6 Å². The molecule has 1 atom stereocenters. The quantitative estimate of drug-likeness (QED) is 0.743. The summed E-state index contributed by atoms with van der Waals surface area (Å²) in [6, 6.07) is -0.825. The number of alkyl halides is 2. The zero-order valence-corrected chi connectivity index (χ0v) is 11.3. The van der Waals surface area contributed by atoms with Gasteiger partial charge >= 0.3 is 12.1 Å². The van der Waals surface area contributed by atoms with Crippen molar-refractivity contribution < 1.29 is 27.8 Å². The molecular formula is C12H19F2NO4. The molecule has 110 valence electrons. The van der Waals surface area contributed by atoms with E-state index < -0.39 is 36.7 Å². The van der Waals surface area contributed by atoms with Gasteiger partial charge in [-0.05, 0) is 33.6 Å². The Hall–Kier alpha value is -1.40. The number of nitrogens with zero attached hydrogens (tertiary/aromatic N) is 1. The van der Waals surface area contributed by atoms with Gasteiger partial charge in [0.25, 0.3) is 6.43 Å². The van der Waals surface area contributed by atoms with Crippen LogP contribution in [0, 0.1) is 0 Å². The van der Waals surface area contributed by atoms with Crippen LogP contribution < -0.4 is 0 Å². The SMILES string of the molecule is CC(C)(C)OC(=O)N1CCC[C@H]1C(=O)OCC(F)F. The number of rotatable bonds is 3. The molecule has 0 unspecified atom stereocenters. The minimum absolute atomic E-state index is 0.364. The molecule has 0 aliphatic carbocycles. The highest BCUT2D eigenvalue weighted by Crippen LogP contribution is 2.21. The Morgan fingerprint density at radius 2 is 2.00 bits per heavy atom. The van der Waals surface area contributed by atoms with Crippen LogP contribution in [-0.2, 0) is 14.3 Å². The van der Waals surface area contributed by atoms with Crippen LogP contribution in [0.2, 0.25) is 0 Å². The predicted octanol–water partition coefficient (Wildman–Crippen LogP) is 2.19. The summed E-state index contributed by atoms with van der Waals surface area (Å²) in [7, 11) is 0. The molecular weight excluding hydrogens is 260 g/mol. The maximum absolute atomic E-state index is 12.0.